The molecule has 0 aromatic carbocycles. The Hall–Kier alpha value is -0.750. The van der Waals surface area contributed by atoms with Crippen LogP contribution in [0.3, 0.4) is 0 Å². The molecule has 0 saturated heterocycles. The number of carbonyl (C=O) groups is 2. The molecule has 3 atom stereocenters. The molecule has 0 aromatic rings. The molecule has 1 saturated carbocycles. The number of amides is 1. The first-order chi connectivity index (χ1) is 7.65. The van der Waals surface area contributed by atoms with Crippen LogP contribution in [-0.4, -0.2) is 45.7 Å². The Bertz CT molecular complexity index is 249. The normalized spacial score (nSPS) is 26.3. The summed E-state index contributed by atoms with van der Waals surface area (Å²) in [6, 6.07) is -0.816. The average molecular weight is 247 g/mol. The van der Waals surface area contributed by atoms with Crippen molar-refractivity contribution in [1.82, 2.24) is 5.32 Å². The van der Waals surface area contributed by atoms with Crippen molar-refractivity contribution < 1.29 is 19.8 Å². The van der Waals surface area contributed by atoms with Crippen molar-refractivity contribution in [1.29, 1.82) is 0 Å². The van der Waals surface area contributed by atoms with Gasteiger partial charge in [0.05, 0.1) is 6.10 Å². The number of rotatable bonds is 7. The zero-order valence-electron chi connectivity index (χ0n) is 8.96. The Morgan fingerprint density at radius 1 is 1.56 bits per heavy atom. The number of aliphatic hydroxyl groups excluding tert-OH is 1. The molecule has 92 valence electrons. The van der Waals surface area contributed by atoms with Gasteiger partial charge in [-0.2, -0.15) is 11.8 Å². The smallest absolute Gasteiger partial charge is 0.326 e. The van der Waals surface area contributed by atoms with Gasteiger partial charge in [-0.05, 0) is 31.4 Å². The molecule has 0 heterocycles. The lowest BCUT2D eigenvalue weighted by molar-refractivity contribution is -0.140. The van der Waals surface area contributed by atoms with E-state index in [2.05, 4.69) is 5.32 Å². The second kappa shape index (κ2) is 6.75. The maximum Gasteiger partial charge on any atom is 0.326 e. The fourth-order valence-corrected chi connectivity index (χ4v) is 3.16. The lowest BCUT2D eigenvalue weighted by atomic mass is 10.2. The van der Waals surface area contributed by atoms with Gasteiger partial charge in [-0.1, -0.05) is 0 Å². The number of carboxylic acids is 1. The highest BCUT2D eigenvalue weighted by molar-refractivity contribution is 7.99. The van der Waals surface area contributed by atoms with Gasteiger partial charge in [-0.3, -0.25) is 4.79 Å². The van der Waals surface area contributed by atoms with E-state index in [0.29, 0.717) is 18.6 Å². The summed E-state index contributed by atoms with van der Waals surface area (Å²) in [5.41, 5.74) is 0. The van der Waals surface area contributed by atoms with Crippen LogP contribution >= 0.6 is 11.8 Å². The summed E-state index contributed by atoms with van der Waals surface area (Å²) in [7, 11) is 0. The van der Waals surface area contributed by atoms with Crippen molar-refractivity contribution in [3.63, 3.8) is 0 Å². The molecule has 3 N–H and O–H groups in total. The van der Waals surface area contributed by atoms with E-state index in [4.69, 9.17) is 5.11 Å². The number of aliphatic hydroxyl groups is 1. The molecule has 0 bridgehead atoms. The van der Waals surface area contributed by atoms with Gasteiger partial charge in [0.25, 0.3) is 0 Å². The van der Waals surface area contributed by atoms with Crippen molar-refractivity contribution in [2.24, 2.45) is 0 Å². The number of hydrogen-bond donors (Lipinski definition) is 3. The largest absolute Gasteiger partial charge is 0.480 e. The highest BCUT2D eigenvalue weighted by Crippen LogP contribution is 2.30. The second-order valence-corrected chi connectivity index (χ2v) is 5.22. The Kier molecular flexibility index (Phi) is 5.62. The van der Waals surface area contributed by atoms with Crippen LogP contribution < -0.4 is 5.32 Å². The molecular weight excluding hydrogens is 230 g/mol. The molecule has 1 rings (SSSR count). The first-order valence-corrected chi connectivity index (χ1v) is 6.42. The van der Waals surface area contributed by atoms with Gasteiger partial charge in [-0.25, -0.2) is 4.79 Å². The third-order valence-electron chi connectivity index (χ3n) is 2.72. The molecule has 1 amide bonds. The number of hydrogen-bond acceptors (Lipinski definition) is 4. The van der Waals surface area contributed by atoms with Crippen LogP contribution in [0.15, 0.2) is 0 Å². The summed E-state index contributed by atoms with van der Waals surface area (Å²) in [5, 5.41) is 20.8. The Morgan fingerprint density at radius 3 is 2.81 bits per heavy atom. The lowest BCUT2D eigenvalue weighted by Crippen LogP contribution is -2.36. The van der Waals surface area contributed by atoms with Crippen LogP contribution in [0.4, 0.5) is 0 Å². The van der Waals surface area contributed by atoms with Crippen LogP contribution in [0.5, 0.6) is 0 Å². The van der Waals surface area contributed by atoms with Crippen LogP contribution in [0.2, 0.25) is 0 Å². The minimum atomic E-state index is -1.01. The minimum absolute atomic E-state index is 0.227. The zero-order chi connectivity index (χ0) is 12.0. The number of nitrogens with one attached hydrogen (secondary N) is 1. The highest BCUT2D eigenvalue weighted by atomic mass is 32.2. The van der Waals surface area contributed by atoms with E-state index in [1.165, 1.54) is 0 Å². The van der Waals surface area contributed by atoms with Crippen LogP contribution in [0, 0.1) is 0 Å². The fraction of sp³-hybridized carbons (Fsp3) is 0.800. The van der Waals surface area contributed by atoms with Crippen LogP contribution in [-0.2, 0) is 9.59 Å². The van der Waals surface area contributed by atoms with Crippen molar-refractivity contribution in [3.8, 4) is 0 Å². The molecule has 0 spiro atoms. The van der Waals surface area contributed by atoms with E-state index in [1.807, 2.05) is 0 Å². The quantitative estimate of drug-likeness (QED) is 0.560. The molecule has 6 heteroatoms. The molecule has 1 aliphatic carbocycles. The summed E-state index contributed by atoms with van der Waals surface area (Å²) >= 11 is 1.59. The standard InChI is InChI=1S/C10H17NO4S/c12-6-11-7(10(14)15)4-5-16-9-3-1-2-8(9)13/h6-9,13H,1-5H2,(H,11,12)(H,14,15). The van der Waals surface area contributed by atoms with E-state index in [1.54, 1.807) is 11.8 Å². The van der Waals surface area contributed by atoms with Gasteiger partial charge >= 0.3 is 5.97 Å². The molecule has 0 radical (unpaired) electrons. The summed E-state index contributed by atoms with van der Waals surface area (Å²) in [4.78, 5) is 20.9. The summed E-state index contributed by atoms with van der Waals surface area (Å²) in [6.07, 6.45) is 3.41. The molecule has 3 unspecified atom stereocenters. The maximum absolute atomic E-state index is 10.7. The second-order valence-electron chi connectivity index (χ2n) is 3.87. The molecular formula is C10H17NO4S. The Labute approximate surface area is 98.6 Å². The topological polar surface area (TPSA) is 86.6 Å². The highest BCUT2D eigenvalue weighted by Gasteiger charge is 2.26. The van der Waals surface area contributed by atoms with Crippen LogP contribution in [0.25, 0.3) is 0 Å². The van der Waals surface area contributed by atoms with E-state index in [0.717, 1.165) is 19.3 Å². The van der Waals surface area contributed by atoms with Gasteiger partial charge in [-0.15, -0.1) is 0 Å². The minimum Gasteiger partial charge on any atom is -0.480 e. The van der Waals surface area contributed by atoms with Gasteiger partial charge in [0.15, 0.2) is 0 Å². The van der Waals surface area contributed by atoms with Crippen molar-refractivity contribution in [2.75, 3.05) is 5.75 Å². The zero-order valence-corrected chi connectivity index (χ0v) is 9.78. The van der Waals surface area contributed by atoms with Crippen LogP contribution in [0.1, 0.15) is 25.7 Å². The number of aliphatic carboxylic acids is 1. The summed E-state index contributed by atoms with van der Waals surface area (Å²) < 4.78 is 0. The van der Waals surface area contributed by atoms with Gasteiger partial charge in [0, 0.05) is 5.25 Å². The van der Waals surface area contributed by atoms with E-state index >= 15 is 0 Å². The lowest BCUT2D eigenvalue weighted by Gasteiger charge is -2.15. The van der Waals surface area contributed by atoms with E-state index in [9.17, 15) is 14.7 Å². The fourth-order valence-electron chi connectivity index (χ4n) is 1.80. The molecule has 0 aliphatic heterocycles. The third kappa shape index (κ3) is 4.02. The van der Waals surface area contributed by atoms with Crippen molar-refractivity contribution in [3.05, 3.63) is 0 Å². The summed E-state index contributed by atoms with van der Waals surface area (Å²) in [6.45, 7) is 0. The monoisotopic (exact) mass is 247 g/mol. The molecule has 5 nitrogen and oxygen atoms in total. The molecule has 1 fully saturated rings. The molecule has 0 aromatic heterocycles. The van der Waals surface area contributed by atoms with E-state index in [-0.39, 0.29) is 11.4 Å². The van der Waals surface area contributed by atoms with Gasteiger partial charge < -0.3 is 15.5 Å². The van der Waals surface area contributed by atoms with E-state index < -0.39 is 12.0 Å². The summed E-state index contributed by atoms with van der Waals surface area (Å²) in [5.74, 6) is -0.376. The maximum atomic E-state index is 10.7. The Morgan fingerprint density at radius 2 is 2.31 bits per heavy atom. The Balaban J connectivity index is 2.22. The number of carboxylic acid groups (broad SMARTS) is 1. The first-order valence-electron chi connectivity index (χ1n) is 5.37. The number of carbonyl (C=O) groups excluding carboxylic acids is 1. The van der Waals surface area contributed by atoms with Gasteiger partial charge in [0.1, 0.15) is 6.04 Å². The predicted octanol–water partition coefficient (Wildman–Crippen LogP) is 0.222. The average Bonchev–Trinajstić information content (AvgIpc) is 2.63. The first kappa shape index (κ1) is 13.3. The molecule has 16 heavy (non-hydrogen) atoms. The predicted molar refractivity (Wildman–Crippen MR) is 61.3 cm³/mol. The van der Waals surface area contributed by atoms with Crippen molar-refractivity contribution in [2.45, 2.75) is 43.1 Å². The number of thioether (sulfide) groups is 1. The third-order valence-corrected chi connectivity index (χ3v) is 4.17. The molecule has 1 aliphatic rings. The van der Waals surface area contributed by atoms with Gasteiger partial charge in [0.2, 0.25) is 6.41 Å². The SMILES string of the molecule is O=CNC(CCSC1CCCC1O)C(=O)O. The van der Waals surface area contributed by atoms with Crippen molar-refractivity contribution >= 4 is 24.1 Å².